The molecule has 0 unspecified atom stereocenters. The van der Waals surface area contributed by atoms with Gasteiger partial charge in [0.1, 0.15) is 0 Å². The first-order valence-electron chi connectivity index (χ1n) is 9.13. The van der Waals surface area contributed by atoms with Gasteiger partial charge in [-0.3, -0.25) is 16.7 Å². The van der Waals surface area contributed by atoms with Gasteiger partial charge < -0.3 is 18.2 Å². The van der Waals surface area contributed by atoms with E-state index in [-0.39, 0.29) is 118 Å². The van der Waals surface area contributed by atoms with Gasteiger partial charge in [0.25, 0.3) is 0 Å². The van der Waals surface area contributed by atoms with Crippen LogP contribution in [0.1, 0.15) is 0 Å². The van der Waals surface area contributed by atoms with E-state index in [0.29, 0.717) is 0 Å². The number of sulfone groups is 4. The quantitative estimate of drug-likeness (QED) is 0.0623. The van der Waals surface area contributed by atoms with Gasteiger partial charge in [-0.25, -0.2) is 67.3 Å². The molecule has 0 aromatic carbocycles. The molecule has 0 fully saturated rings. The Morgan fingerprint density at radius 2 is 0.467 bits per heavy atom. The zero-order chi connectivity index (χ0) is 33.0. The van der Waals surface area contributed by atoms with Crippen molar-refractivity contribution in [2.75, 3.05) is 49.4 Å². The van der Waals surface area contributed by atoms with Gasteiger partial charge in [0.15, 0.2) is 0 Å². The molecule has 0 aliphatic heterocycles. The first kappa shape index (κ1) is 57.6. The molecule has 0 saturated heterocycles. The van der Waals surface area contributed by atoms with Crippen molar-refractivity contribution in [1.29, 1.82) is 0 Å². The molecule has 0 radical (unpaired) electrons. The van der Waals surface area contributed by atoms with Crippen molar-refractivity contribution in [3.8, 4) is 0 Å². The molecule has 0 N–H and O–H groups in total. The SMILES string of the molecule is O=S(=O)([O-])OCCS(=O)(=O)C(S(=O)(=O)CCOS(=O)(=O)[O-])(S(=O)(=O)CCOS(=O)(=O)[O-])S(=O)(=O)CCOS(=O)(=O)[O-].[Na+].[Na+].[Na+].[Na+]. The molecule has 0 rings (SSSR count). The Labute approximate surface area is 348 Å². The van der Waals surface area contributed by atoms with Crippen LogP contribution in [0.15, 0.2) is 0 Å². The third kappa shape index (κ3) is 19.1. The van der Waals surface area contributed by atoms with Gasteiger partial charge in [-0.05, 0) is 0 Å². The van der Waals surface area contributed by atoms with Crippen LogP contribution in [0.5, 0.6) is 0 Å². The fourth-order valence-electron chi connectivity index (χ4n) is 2.64. The zero-order valence-electron chi connectivity index (χ0n) is 23.2. The van der Waals surface area contributed by atoms with E-state index in [1.165, 1.54) is 0 Å². The smallest absolute Gasteiger partial charge is 0.726 e. The van der Waals surface area contributed by atoms with Gasteiger partial charge in [-0.2, -0.15) is 0 Å². The zero-order valence-corrected chi connectivity index (χ0v) is 37.8. The third-order valence-corrected chi connectivity index (χ3v) is 20.7. The van der Waals surface area contributed by atoms with Gasteiger partial charge >= 0.3 is 121 Å². The van der Waals surface area contributed by atoms with E-state index in [1.807, 2.05) is 0 Å². The van der Waals surface area contributed by atoms with E-state index in [2.05, 4.69) is 16.7 Å². The molecule has 0 aromatic heterocycles. The Morgan fingerprint density at radius 3 is 0.578 bits per heavy atom. The summed E-state index contributed by atoms with van der Waals surface area (Å²) in [4.78, 5) is 0. The molecule has 0 aliphatic carbocycles. The van der Waals surface area contributed by atoms with Crippen molar-refractivity contribution in [3.05, 3.63) is 0 Å². The third-order valence-electron chi connectivity index (χ3n) is 3.84. The van der Waals surface area contributed by atoms with E-state index in [1.54, 1.807) is 0 Å². The van der Waals surface area contributed by atoms with Gasteiger partial charge in [0.05, 0.1) is 49.4 Å². The van der Waals surface area contributed by atoms with Crippen LogP contribution in [0.25, 0.3) is 0 Å². The van der Waals surface area contributed by atoms with E-state index < -0.39 is 133 Å². The van der Waals surface area contributed by atoms with Crippen LogP contribution in [0.2, 0.25) is 0 Å². The maximum Gasteiger partial charge on any atom is 1.00 e. The van der Waals surface area contributed by atoms with Gasteiger partial charge in [-0.15, -0.1) is 0 Å². The summed E-state index contributed by atoms with van der Waals surface area (Å²) in [5.41, 5.74) is 0. The molecule has 0 saturated carbocycles. The summed E-state index contributed by atoms with van der Waals surface area (Å²) < 4.78 is 242. The van der Waals surface area contributed by atoms with E-state index in [0.717, 1.165) is 0 Å². The minimum Gasteiger partial charge on any atom is -0.726 e. The summed E-state index contributed by atoms with van der Waals surface area (Å²) in [5, 5.41) is 0. The minimum atomic E-state index is -6.62. The summed E-state index contributed by atoms with van der Waals surface area (Å²) in [7, 11) is -49.7. The van der Waals surface area contributed by atoms with Crippen LogP contribution in [-0.4, -0.2) is 138 Å². The second-order valence-corrected chi connectivity index (χ2v) is 21.5. The summed E-state index contributed by atoms with van der Waals surface area (Å²) >= 11 is 0. The second kappa shape index (κ2) is 21.1. The molecule has 0 aromatic rings. The van der Waals surface area contributed by atoms with E-state index in [4.69, 9.17) is 0 Å². The molecule has 45 heavy (non-hydrogen) atoms. The van der Waals surface area contributed by atoms with E-state index >= 15 is 0 Å². The Kier molecular flexibility index (Phi) is 27.0. The van der Waals surface area contributed by atoms with E-state index in [9.17, 15) is 85.6 Å². The van der Waals surface area contributed by atoms with Gasteiger partial charge in [0.2, 0.25) is 80.9 Å². The van der Waals surface area contributed by atoms with Crippen molar-refractivity contribution in [2.24, 2.45) is 0 Å². The van der Waals surface area contributed by atoms with Crippen molar-refractivity contribution in [3.63, 3.8) is 0 Å². The summed E-state index contributed by atoms with van der Waals surface area (Å²) in [6.07, 6.45) is 0. The monoisotopic (exact) mass is 856 g/mol. The number of hydrogen-bond donors (Lipinski definition) is 0. The van der Waals surface area contributed by atoms with Crippen LogP contribution in [-0.2, 0) is 97.7 Å². The average Bonchev–Trinajstić information content (AvgIpc) is 2.61. The van der Waals surface area contributed by atoms with Gasteiger partial charge in [-0.1, -0.05) is 0 Å². The Balaban J connectivity index is -0.00000133. The topological polar surface area (TPSA) is 402 Å². The molecule has 24 nitrogen and oxygen atoms in total. The molecule has 0 heterocycles. The number of rotatable bonds is 20. The predicted octanol–water partition coefficient (Wildman–Crippen LogP) is -18.8. The van der Waals surface area contributed by atoms with Crippen LogP contribution in [0.3, 0.4) is 0 Å². The maximum atomic E-state index is 13.2. The molecule has 0 aliphatic rings. The minimum absolute atomic E-state index is 0. The average molecular weight is 857 g/mol. The van der Waals surface area contributed by atoms with Crippen molar-refractivity contribution in [2.45, 2.75) is 2.74 Å². The van der Waals surface area contributed by atoms with Crippen molar-refractivity contribution < 1.29 is 221 Å². The Hall–Kier alpha value is 3.28. The van der Waals surface area contributed by atoms with Crippen LogP contribution in [0.4, 0.5) is 0 Å². The standard InChI is InChI=1S/C9H20O24S8.4Na/c10-34(11,5-1-30-38(18,19)20)9(35(12,13)6-2-31-39(21,22)23,36(14,15)7-3-32-40(24,25)26)37(16,17)8-4-33-41(27,28)29;;;;/h1-8H2,(H,18,19,20)(H,21,22,23)(H,24,25,26)(H,27,28,29);;;;/q;4*+1/p-4. The normalized spacial score (nSPS) is 13.8. The van der Waals surface area contributed by atoms with Crippen molar-refractivity contribution in [1.82, 2.24) is 0 Å². The van der Waals surface area contributed by atoms with Crippen LogP contribution >= 0.6 is 0 Å². The maximum absolute atomic E-state index is 13.2. The molecule has 36 heteroatoms. The summed E-state index contributed by atoms with van der Waals surface area (Å²) in [5.74, 6) is -9.24. The molecular formula is C9H16Na4O24S8. The molecule has 0 bridgehead atoms. The first-order chi connectivity index (χ1) is 17.8. The molecule has 0 atom stereocenters. The molecule has 248 valence electrons. The molecular weight excluding hydrogens is 841 g/mol. The molecule has 0 spiro atoms. The fourth-order valence-corrected chi connectivity index (χ4v) is 18.7. The fraction of sp³-hybridized carbons (Fsp3) is 1.00. The Morgan fingerprint density at radius 1 is 0.333 bits per heavy atom. The van der Waals surface area contributed by atoms with Gasteiger partial charge in [0, 0.05) is 0 Å². The molecule has 0 amide bonds. The van der Waals surface area contributed by atoms with Crippen LogP contribution < -0.4 is 118 Å². The predicted molar refractivity (Wildman–Crippen MR) is 120 cm³/mol. The first-order valence-corrected chi connectivity index (χ1v) is 21.1. The summed E-state index contributed by atoms with van der Waals surface area (Å²) in [6, 6.07) is 0. The summed E-state index contributed by atoms with van der Waals surface area (Å²) in [6.45, 7) is -7.95. The number of hydrogen-bond acceptors (Lipinski definition) is 24. The second-order valence-electron chi connectivity index (χ2n) is 6.70. The van der Waals surface area contributed by atoms with Crippen LogP contribution in [0, 0.1) is 0 Å². The largest absolute Gasteiger partial charge is 1.00 e. The van der Waals surface area contributed by atoms with Crippen molar-refractivity contribution >= 4 is 80.9 Å². The Bertz CT molecular complexity index is 1550.